The van der Waals surface area contributed by atoms with E-state index in [9.17, 15) is 0 Å². The number of piperidine rings is 1. The molecule has 0 saturated carbocycles. The zero-order valence-corrected chi connectivity index (χ0v) is 9.43. The Bertz CT molecular complexity index is 380. The zero-order chi connectivity index (χ0) is 11.0. The Morgan fingerprint density at radius 3 is 2.88 bits per heavy atom. The Morgan fingerprint density at radius 1 is 1.19 bits per heavy atom. The van der Waals surface area contributed by atoms with Gasteiger partial charge in [0.25, 0.3) is 0 Å². The lowest BCUT2D eigenvalue weighted by molar-refractivity contribution is 0.182. The fraction of sp³-hybridized carbons (Fsp3) is 0.538. The maximum atomic E-state index is 6.02. The van der Waals surface area contributed by atoms with Crippen molar-refractivity contribution in [2.45, 2.75) is 6.42 Å². The molecule has 2 heterocycles. The maximum absolute atomic E-state index is 6.02. The van der Waals surface area contributed by atoms with E-state index in [4.69, 9.17) is 10.5 Å². The number of nitrogens with two attached hydrogens (primary N) is 1. The first-order chi connectivity index (χ1) is 7.84. The van der Waals surface area contributed by atoms with Gasteiger partial charge in [-0.15, -0.1) is 0 Å². The van der Waals surface area contributed by atoms with Crippen LogP contribution < -0.4 is 10.6 Å². The Labute approximate surface area is 96.2 Å². The van der Waals surface area contributed by atoms with Crippen LogP contribution in [0.4, 0.5) is 11.4 Å². The minimum absolute atomic E-state index is 0.702. The molecule has 0 spiro atoms. The summed E-state index contributed by atoms with van der Waals surface area (Å²) in [6, 6.07) is 8.14. The van der Waals surface area contributed by atoms with Crippen molar-refractivity contribution in [2.75, 3.05) is 36.9 Å². The molecule has 2 saturated heterocycles. The number of para-hydroxylation sites is 2. The Kier molecular flexibility index (Phi) is 2.48. The van der Waals surface area contributed by atoms with Crippen molar-refractivity contribution in [2.24, 2.45) is 11.8 Å². The normalized spacial score (nSPS) is 29.1. The highest BCUT2D eigenvalue weighted by Gasteiger charge is 2.34. The van der Waals surface area contributed by atoms with Crippen LogP contribution in [0.15, 0.2) is 24.3 Å². The van der Waals surface area contributed by atoms with Gasteiger partial charge in [-0.05, 0) is 24.5 Å². The van der Waals surface area contributed by atoms with Crippen molar-refractivity contribution in [3.05, 3.63) is 24.3 Å². The molecule has 0 radical (unpaired) electrons. The standard InChI is InChI=1S/C13H18N2O/c14-12-3-1-2-4-13(12)15-6-5-10-8-16-9-11(10)7-15/h1-4,10-11H,5-9,14H2/t10-,11-/m1/s1. The van der Waals surface area contributed by atoms with E-state index in [-0.39, 0.29) is 0 Å². The summed E-state index contributed by atoms with van der Waals surface area (Å²) in [6.07, 6.45) is 1.24. The van der Waals surface area contributed by atoms with Gasteiger partial charge in [-0.2, -0.15) is 0 Å². The maximum Gasteiger partial charge on any atom is 0.0600 e. The number of nitrogen functional groups attached to an aromatic ring is 1. The topological polar surface area (TPSA) is 38.5 Å². The summed E-state index contributed by atoms with van der Waals surface area (Å²) in [5.41, 5.74) is 8.09. The Morgan fingerprint density at radius 2 is 2.00 bits per heavy atom. The summed E-state index contributed by atoms with van der Waals surface area (Å²) in [6.45, 7) is 4.09. The molecule has 3 rings (SSSR count). The molecule has 2 aliphatic rings. The predicted molar refractivity (Wildman–Crippen MR) is 65.5 cm³/mol. The second-order valence-corrected chi connectivity index (χ2v) is 4.85. The largest absolute Gasteiger partial charge is 0.397 e. The number of hydrogen-bond acceptors (Lipinski definition) is 3. The molecular weight excluding hydrogens is 200 g/mol. The molecule has 0 aromatic heterocycles. The quantitative estimate of drug-likeness (QED) is 0.730. The van der Waals surface area contributed by atoms with Crippen LogP contribution in [-0.2, 0) is 4.74 Å². The van der Waals surface area contributed by atoms with Crippen molar-refractivity contribution < 1.29 is 4.74 Å². The molecule has 0 aliphatic carbocycles. The monoisotopic (exact) mass is 218 g/mol. The highest BCUT2D eigenvalue weighted by atomic mass is 16.5. The van der Waals surface area contributed by atoms with E-state index in [1.807, 2.05) is 12.1 Å². The van der Waals surface area contributed by atoms with E-state index in [1.54, 1.807) is 0 Å². The lowest BCUT2D eigenvalue weighted by atomic mass is 9.88. The van der Waals surface area contributed by atoms with Gasteiger partial charge < -0.3 is 15.4 Å². The summed E-state index contributed by atoms with van der Waals surface area (Å²) in [5, 5.41) is 0. The van der Waals surface area contributed by atoms with Crippen LogP contribution in [-0.4, -0.2) is 26.3 Å². The number of benzene rings is 1. The predicted octanol–water partition coefficient (Wildman–Crippen LogP) is 1.74. The molecule has 1 aromatic carbocycles. The van der Waals surface area contributed by atoms with Crippen LogP contribution in [0, 0.1) is 11.8 Å². The zero-order valence-electron chi connectivity index (χ0n) is 9.43. The molecule has 3 nitrogen and oxygen atoms in total. The van der Waals surface area contributed by atoms with E-state index >= 15 is 0 Å². The Balaban J connectivity index is 1.79. The van der Waals surface area contributed by atoms with Gasteiger partial charge in [0.1, 0.15) is 0 Å². The summed E-state index contributed by atoms with van der Waals surface area (Å²) >= 11 is 0. The molecule has 2 atom stereocenters. The lowest BCUT2D eigenvalue weighted by Crippen LogP contribution is -2.40. The Hall–Kier alpha value is -1.22. The molecule has 2 N–H and O–H groups in total. The van der Waals surface area contributed by atoms with Crippen molar-refractivity contribution in [3.63, 3.8) is 0 Å². The van der Waals surface area contributed by atoms with Crippen LogP contribution in [0.3, 0.4) is 0 Å². The first kappa shape index (κ1) is 9.97. The highest BCUT2D eigenvalue weighted by molar-refractivity contribution is 5.67. The average Bonchev–Trinajstić information content (AvgIpc) is 2.76. The van der Waals surface area contributed by atoms with Gasteiger partial charge >= 0.3 is 0 Å². The number of anilines is 2. The third kappa shape index (κ3) is 1.65. The van der Waals surface area contributed by atoms with Gasteiger partial charge in [-0.25, -0.2) is 0 Å². The summed E-state index contributed by atoms with van der Waals surface area (Å²) in [5.74, 6) is 1.48. The van der Waals surface area contributed by atoms with E-state index in [0.717, 1.165) is 37.9 Å². The number of ether oxygens (including phenoxy) is 1. The van der Waals surface area contributed by atoms with Gasteiger partial charge in [0.05, 0.1) is 18.0 Å². The summed E-state index contributed by atoms with van der Waals surface area (Å²) in [7, 11) is 0. The molecule has 86 valence electrons. The van der Waals surface area contributed by atoms with Crippen LogP contribution in [0.5, 0.6) is 0 Å². The average molecular weight is 218 g/mol. The number of nitrogens with zero attached hydrogens (tertiary/aromatic N) is 1. The molecule has 0 amide bonds. The molecule has 1 aromatic rings. The third-order valence-electron chi connectivity index (χ3n) is 3.83. The molecule has 0 bridgehead atoms. The lowest BCUT2D eigenvalue weighted by Gasteiger charge is -2.36. The second kappa shape index (κ2) is 3.98. The number of rotatable bonds is 1. The number of hydrogen-bond donors (Lipinski definition) is 1. The minimum atomic E-state index is 0.702. The van der Waals surface area contributed by atoms with E-state index in [1.165, 1.54) is 12.1 Å². The van der Waals surface area contributed by atoms with Gasteiger partial charge in [0, 0.05) is 25.6 Å². The molecule has 2 aliphatic heterocycles. The molecule has 0 unspecified atom stereocenters. The van der Waals surface area contributed by atoms with Crippen LogP contribution >= 0.6 is 0 Å². The van der Waals surface area contributed by atoms with Crippen molar-refractivity contribution in [1.82, 2.24) is 0 Å². The second-order valence-electron chi connectivity index (χ2n) is 4.85. The molecule has 16 heavy (non-hydrogen) atoms. The van der Waals surface area contributed by atoms with Crippen LogP contribution in [0.25, 0.3) is 0 Å². The third-order valence-corrected chi connectivity index (χ3v) is 3.83. The fourth-order valence-electron chi connectivity index (χ4n) is 2.85. The van der Waals surface area contributed by atoms with E-state index in [2.05, 4.69) is 17.0 Å². The van der Waals surface area contributed by atoms with Gasteiger partial charge in [0.2, 0.25) is 0 Å². The first-order valence-electron chi connectivity index (χ1n) is 6.02. The highest BCUT2D eigenvalue weighted by Crippen LogP contribution is 2.33. The van der Waals surface area contributed by atoms with Gasteiger partial charge in [-0.3, -0.25) is 0 Å². The van der Waals surface area contributed by atoms with Gasteiger partial charge in [-0.1, -0.05) is 12.1 Å². The van der Waals surface area contributed by atoms with Gasteiger partial charge in [0.15, 0.2) is 0 Å². The first-order valence-corrected chi connectivity index (χ1v) is 6.02. The number of fused-ring (bicyclic) bond motifs is 1. The van der Waals surface area contributed by atoms with Crippen molar-refractivity contribution in [1.29, 1.82) is 0 Å². The summed E-state index contributed by atoms with van der Waals surface area (Å²) in [4.78, 5) is 2.41. The van der Waals surface area contributed by atoms with Crippen LogP contribution in [0.1, 0.15) is 6.42 Å². The smallest absolute Gasteiger partial charge is 0.0600 e. The molecule has 3 heteroatoms. The van der Waals surface area contributed by atoms with E-state index in [0.29, 0.717) is 5.92 Å². The minimum Gasteiger partial charge on any atom is -0.397 e. The fourth-order valence-corrected chi connectivity index (χ4v) is 2.85. The SMILES string of the molecule is Nc1ccccc1N1CC[C@@H]2COC[C@H]2C1. The van der Waals surface area contributed by atoms with E-state index < -0.39 is 0 Å². The van der Waals surface area contributed by atoms with Crippen LogP contribution in [0.2, 0.25) is 0 Å². The van der Waals surface area contributed by atoms with Crippen molar-refractivity contribution in [3.8, 4) is 0 Å². The summed E-state index contributed by atoms with van der Waals surface area (Å²) < 4.78 is 5.55. The van der Waals surface area contributed by atoms with Crippen molar-refractivity contribution >= 4 is 11.4 Å². The molecular formula is C13H18N2O. The molecule has 2 fully saturated rings.